The second kappa shape index (κ2) is 15.5. The minimum atomic E-state index is 1.14. The Morgan fingerprint density at radius 1 is 0.304 bits per heavy atom. The van der Waals surface area contributed by atoms with Gasteiger partial charge < -0.3 is 0 Å². The van der Waals surface area contributed by atoms with Gasteiger partial charge in [-0.05, 0) is 123 Å². The third-order valence-corrected chi connectivity index (χ3v) is 14.3. The first kappa shape index (κ1) is 36.0. The van der Waals surface area contributed by atoms with Gasteiger partial charge in [0, 0.05) is 81.3 Å². The van der Waals surface area contributed by atoms with Crippen LogP contribution >= 0.6 is 45.3 Å². The maximum atomic E-state index is 4.44. The van der Waals surface area contributed by atoms with Crippen LogP contribution < -0.4 is 0 Å². The first-order valence-electron chi connectivity index (χ1n) is 18.4. The van der Waals surface area contributed by atoms with Crippen LogP contribution in [-0.4, -0.2) is 19.9 Å². The number of thiophene rings is 4. The van der Waals surface area contributed by atoms with E-state index in [9.17, 15) is 0 Å². The molecule has 8 heterocycles. The fourth-order valence-corrected chi connectivity index (χ4v) is 11.8. The molecule has 0 saturated carbocycles. The Bertz CT molecular complexity index is 2890. The summed E-state index contributed by atoms with van der Waals surface area (Å²) in [6, 6.07) is 42.2. The van der Waals surface area contributed by atoms with E-state index in [1.54, 1.807) is 34.0 Å². The summed E-state index contributed by atoms with van der Waals surface area (Å²) < 4.78 is 6.60. The van der Waals surface area contributed by atoms with Crippen molar-refractivity contribution in [3.63, 3.8) is 0 Å². The molecule has 0 aliphatic rings. The van der Waals surface area contributed by atoms with Gasteiger partial charge in [0.25, 0.3) is 0 Å². The Hall–Kier alpha value is -5.64. The van der Waals surface area contributed by atoms with Crippen LogP contribution in [0.1, 0.15) is 22.3 Å². The van der Waals surface area contributed by atoms with Crippen molar-refractivity contribution in [1.82, 2.24) is 19.9 Å². The molecule has 0 radical (unpaired) electrons. The van der Waals surface area contributed by atoms with E-state index in [4.69, 9.17) is 0 Å². The van der Waals surface area contributed by atoms with Crippen molar-refractivity contribution >= 4 is 127 Å². The molecule has 0 N–H and O–H groups in total. The molecule has 4 aromatic carbocycles. The summed E-state index contributed by atoms with van der Waals surface area (Å²) in [6.07, 6.45) is 7.42. The number of hydrogen-bond donors (Lipinski definition) is 0. The van der Waals surface area contributed by atoms with Crippen LogP contribution in [0.25, 0.3) is 81.2 Å². The van der Waals surface area contributed by atoms with Crippen molar-refractivity contribution in [2.45, 2.75) is 27.7 Å². The quantitative estimate of drug-likeness (QED) is 0.153. The molecular formula is C48H36N4S4. The minimum absolute atomic E-state index is 1.14. The molecule has 8 aromatic heterocycles. The van der Waals surface area contributed by atoms with Crippen molar-refractivity contribution in [2.24, 2.45) is 0 Å². The normalized spacial score (nSPS) is 11.2. The second-order valence-corrected chi connectivity index (χ2v) is 17.8. The van der Waals surface area contributed by atoms with E-state index in [2.05, 4.69) is 145 Å². The Balaban J connectivity index is 0.0000000975. The highest BCUT2D eigenvalue weighted by atomic mass is 32.1. The molecule has 8 heteroatoms. The monoisotopic (exact) mass is 796 g/mol. The van der Waals surface area contributed by atoms with Gasteiger partial charge in [-0.25, -0.2) is 15.0 Å². The standard InChI is InChI=1S/4C12H9NS/c3*1-8-4-2-6-10-11(8)9-5-3-7-13-12(9)14-10;1-8-4-2-5-9-11(8)12-10(14-9)6-3-7-13-12/h4*2-7H,1H3. The summed E-state index contributed by atoms with van der Waals surface area (Å²) in [6.45, 7) is 8.60. The predicted octanol–water partition coefficient (Wildman–Crippen LogP) is 15.0. The lowest BCUT2D eigenvalue weighted by Gasteiger charge is -1.94. The lowest BCUT2D eigenvalue weighted by molar-refractivity contribution is 1.43. The van der Waals surface area contributed by atoms with E-state index >= 15 is 0 Å². The van der Waals surface area contributed by atoms with Crippen molar-refractivity contribution in [3.05, 3.63) is 168 Å². The summed E-state index contributed by atoms with van der Waals surface area (Å²) in [7, 11) is 0. The summed E-state index contributed by atoms with van der Waals surface area (Å²) in [5.41, 5.74) is 6.46. The van der Waals surface area contributed by atoms with Crippen molar-refractivity contribution < 1.29 is 0 Å². The van der Waals surface area contributed by atoms with E-state index in [-0.39, 0.29) is 0 Å². The van der Waals surface area contributed by atoms with Crippen molar-refractivity contribution in [3.8, 4) is 0 Å². The number of pyridine rings is 4. The third kappa shape index (κ3) is 6.79. The van der Waals surface area contributed by atoms with Crippen LogP contribution in [0.4, 0.5) is 0 Å². The Labute approximate surface area is 340 Å². The Kier molecular flexibility index (Phi) is 9.96. The highest BCUT2D eigenvalue weighted by Crippen LogP contribution is 2.37. The SMILES string of the molecule is Cc1cccc2sc3cccnc3c12.Cc1cccc2sc3ncccc3c12.Cc1cccc2sc3ncccc3c12.Cc1cccc2sc3ncccc3c12. The molecule has 0 saturated heterocycles. The topological polar surface area (TPSA) is 51.6 Å². The molecule has 12 aromatic rings. The largest absolute Gasteiger partial charge is 0.255 e. The molecule has 0 aliphatic heterocycles. The van der Waals surface area contributed by atoms with Gasteiger partial charge in [-0.3, -0.25) is 4.98 Å². The highest BCUT2D eigenvalue weighted by Gasteiger charge is 2.09. The number of nitrogens with zero attached hydrogens (tertiary/aromatic N) is 4. The average molecular weight is 797 g/mol. The molecule has 4 nitrogen and oxygen atoms in total. The van der Waals surface area contributed by atoms with Gasteiger partial charge in [-0.15, -0.1) is 45.3 Å². The number of fused-ring (bicyclic) bond motifs is 12. The molecule has 56 heavy (non-hydrogen) atoms. The van der Waals surface area contributed by atoms with Gasteiger partial charge >= 0.3 is 0 Å². The molecule has 12 rings (SSSR count). The highest BCUT2D eigenvalue weighted by molar-refractivity contribution is 7.26. The fraction of sp³-hybridized carbons (Fsp3) is 0.0833. The zero-order valence-corrected chi connectivity index (χ0v) is 34.5. The molecule has 0 fully saturated rings. The summed E-state index contributed by atoms with van der Waals surface area (Å²) in [5, 5.41) is 9.25. The van der Waals surface area contributed by atoms with Crippen LogP contribution in [0.3, 0.4) is 0 Å². The van der Waals surface area contributed by atoms with E-state index in [1.165, 1.54) is 83.5 Å². The number of hydrogen-bond acceptors (Lipinski definition) is 8. The lowest BCUT2D eigenvalue weighted by Crippen LogP contribution is -1.75. The van der Waals surface area contributed by atoms with E-state index < -0.39 is 0 Å². The zero-order valence-electron chi connectivity index (χ0n) is 31.3. The summed E-state index contributed by atoms with van der Waals surface area (Å²) >= 11 is 7.11. The van der Waals surface area contributed by atoms with E-state index in [0.29, 0.717) is 0 Å². The van der Waals surface area contributed by atoms with Crippen LogP contribution in [0, 0.1) is 27.7 Å². The molecule has 0 atom stereocenters. The molecule has 0 aliphatic carbocycles. The predicted molar refractivity (Wildman–Crippen MR) is 247 cm³/mol. The van der Waals surface area contributed by atoms with Crippen LogP contribution in [0.2, 0.25) is 0 Å². The van der Waals surface area contributed by atoms with Crippen LogP contribution in [0.15, 0.2) is 146 Å². The summed E-state index contributed by atoms with van der Waals surface area (Å²) in [4.78, 5) is 21.0. The molecular weight excluding hydrogens is 761 g/mol. The number of aryl methyl sites for hydroxylation is 4. The maximum absolute atomic E-state index is 4.44. The van der Waals surface area contributed by atoms with Gasteiger partial charge in [-0.2, -0.15) is 0 Å². The summed E-state index contributed by atoms with van der Waals surface area (Å²) in [5.74, 6) is 0. The number of aromatic nitrogens is 4. The maximum Gasteiger partial charge on any atom is 0.124 e. The number of rotatable bonds is 0. The lowest BCUT2D eigenvalue weighted by atomic mass is 10.1. The molecule has 0 bridgehead atoms. The van der Waals surface area contributed by atoms with Crippen molar-refractivity contribution in [1.29, 1.82) is 0 Å². The first-order chi connectivity index (χ1) is 27.4. The van der Waals surface area contributed by atoms with Gasteiger partial charge in [-0.1, -0.05) is 48.5 Å². The van der Waals surface area contributed by atoms with Gasteiger partial charge in [0.15, 0.2) is 0 Å². The molecule has 0 spiro atoms. The second-order valence-electron chi connectivity index (χ2n) is 13.6. The van der Waals surface area contributed by atoms with Gasteiger partial charge in [0.05, 0.1) is 10.2 Å². The smallest absolute Gasteiger partial charge is 0.124 e. The molecule has 272 valence electrons. The fourth-order valence-electron chi connectivity index (χ4n) is 7.32. The van der Waals surface area contributed by atoms with E-state index in [0.717, 1.165) is 20.0 Å². The number of benzene rings is 4. The van der Waals surface area contributed by atoms with Crippen LogP contribution in [0.5, 0.6) is 0 Å². The minimum Gasteiger partial charge on any atom is -0.255 e. The van der Waals surface area contributed by atoms with Gasteiger partial charge in [0.2, 0.25) is 0 Å². The van der Waals surface area contributed by atoms with Gasteiger partial charge in [0.1, 0.15) is 14.5 Å². The third-order valence-electron chi connectivity index (χ3n) is 9.91. The first-order valence-corrected chi connectivity index (χ1v) is 21.6. The Morgan fingerprint density at radius 3 is 1.04 bits per heavy atom. The Morgan fingerprint density at radius 2 is 0.625 bits per heavy atom. The van der Waals surface area contributed by atoms with Crippen LogP contribution in [-0.2, 0) is 0 Å². The molecule has 0 amide bonds. The van der Waals surface area contributed by atoms with Crippen molar-refractivity contribution in [2.75, 3.05) is 0 Å². The average Bonchev–Trinajstić information content (AvgIpc) is 4.00. The molecule has 0 unspecified atom stereocenters. The zero-order chi connectivity index (χ0) is 38.2. The van der Waals surface area contributed by atoms with E-state index in [1.807, 2.05) is 60.4 Å².